The van der Waals surface area contributed by atoms with Crippen LogP contribution in [-0.4, -0.2) is 28.8 Å². The van der Waals surface area contributed by atoms with Crippen molar-refractivity contribution < 1.29 is 0 Å². The predicted octanol–water partition coefficient (Wildman–Crippen LogP) is 3.53. The third-order valence-corrected chi connectivity index (χ3v) is 4.42. The first kappa shape index (κ1) is 13.7. The molecule has 100 valence electrons. The average molecular weight is 265 g/mol. The third-order valence-electron chi connectivity index (χ3n) is 3.31. The van der Waals surface area contributed by atoms with Crippen LogP contribution in [0.25, 0.3) is 0 Å². The number of aryl methyl sites for hydroxylation is 1. The molecule has 0 bridgehead atoms. The minimum Gasteiger partial charge on any atom is -0.356 e. The summed E-state index contributed by atoms with van der Waals surface area (Å²) in [5.41, 5.74) is 1.25. The van der Waals surface area contributed by atoms with Crippen LogP contribution in [0.3, 0.4) is 0 Å². The number of fused-ring (bicyclic) bond motifs is 1. The van der Waals surface area contributed by atoms with E-state index >= 15 is 0 Å². The molecule has 3 nitrogen and oxygen atoms in total. The summed E-state index contributed by atoms with van der Waals surface area (Å²) in [4.78, 5) is 12.8. The lowest BCUT2D eigenvalue weighted by Crippen LogP contribution is -2.27. The summed E-state index contributed by atoms with van der Waals surface area (Å²) in [5.74, 6) is 2.35. The smallest absolute Gasteiger partial charge is 0.145 e. The number of aromatic nitrogens is 2. The molecule has 2 rings (SSSR count). The fraction of sp³-hybridized carbons (Fsp3) is 0.714. The molecule has 0 saturated carbocycles. The summed E-state index contributed by atoms with van der Waals surface area (Å²) in [6.07, 6.45) is 7.81. The maximum atomic E-state index is 4.55. The number of hydrogen-bond acceptors (Lipinski definition) is 4. The molecule has 18 heavy (non-hydrogen) atoms. The van der Waals surface area contributed by atoms with E-state index in [0.29, 0.717) is 0 Å². The third kappa shape index (κ3) is 3.16. The number of rotatable bonds is 7. The Morgan fingerprint density at radius 1 is 1.17 bits per heavy atom. The summed E-state index contributed by atoms with van der Waals surface area (Å²) in [6, 6.07) is 0. The van der Waals surface area contributed by atoms with Crippen LogP contribution < -0.4 is 4.90 Å². The second-order valence-electron chi connectivity index (χ2n) is 4.77. The van der Waals surface area contributed by atoms with Crippen LogP contribution in [0.2, 0.25) is 0 Å². The molecule has 1 aliphatic heterocycles. The van der Waals surface area contributed by atoms with Crippen LogP contribution in [0.4, 0.5) is 5.82 Å². The minimum atomic E-state index is 1.10. The maximum absolute atomic E-state index is 4.55. The number of hydrogen-bond donors (Lipinski definition) is 0. The Labute approximate surface area is 114 Å². The van der Waals surface area contributed by atoms with Crippen molar-refractivity contribution in [2.24, 2.45) is 0 Å². The molecule has 0 saturated heterocycles. The Balaban J connectivity index is 2.16. The lowest BCUT2D eigenvalue weighted by molar-refractivity contribution is 0.664. The highest BCUT2D eigenvalue weighted by Gasteiger charge is 2.21. The molecule has 0 amide bonds. The van der Waals surface area contributed by atoms with Crippen LogP contribution in [0.15, 0.2) is 11.2 Å². The minimum absolute atomic E-state index is 1.10. The Hall–Kier alpha value is -0.770. The zero-order chi connectivity index (χ0) is 12.8. The van der Waals surface area contributed by atoms with E-state index in [1.54, 1.807) is 6.33 Å². The first-order valence-corrected chi connectivity index (χ1v) is 8.07. The SMILES string of the molecule is CCCCN(CCCC)c1ncnc2c1SCC2. The van der Waals surface area contributed by atoms with E-state index in [1.807, 2.05) is 11.8 Å². The number of thioether (sulfide) groups is 1. The second-order valence-corrected chi connectivity index (χ2v) is 5.87. The summed E-state index contributed by atoms with van der Waals surface area (Å²) in [7, 11) is 0. The van der Waals surface area contributed by atoms with Crippen molar-refractivity contribution in [1.82, 2.24) is 9.97 Å². The standard InChI is InChI=1S/C14H23N3S/c1-3-5-8-17(9-6-4-2)14-13-12(7-10-18-13)15-11-16-14/h11H,3-10H2,1-2H3. The van der Waals surface area contributed by atoms with Gasteiger partial charge >= 0.3 is 0 Å². The van der Waals surface area contributed by atoms with Crippen LogP contribution in [0, 0.1) is 0 Å². The van der Waals surface area contributed by atoms with Crippen molar-refractivity contribution in [3.8, 4) is 0 Å². The quantitative estimate of drug-likeness (QED) is 0.754. The number of unbranched alkanes of at least 4 members (excludes halogenated alkanes) is 2. The van der Waals surface area contributed by atoms with Gasteiger partial charge in [-0.2, -0.15) is 0 Å². The monoisotopic (exact) mass is 265 g/mol. The highest BCUT2D eigenvalue weighted by Crippen LogP contribution is 2.36. The molecule has 0 unspecified atom stereocenters. The highest BCUT2D eigenvalue weighted by molar-refractivity contribution is 7.99. The molecule has 4 heteroatoms. The van der Waals surface area contributed by atoms with Crippen LogP contribution >= 0.6 is 11.8 Å². The molecular weight excluding hydrogens is 242 g/mol. The average Bonchev–Trinajstić information content (AvgIpc) is 2.87. The van der Waals surface area contributed by atoms with Crippen LogP contribution in [0.1, 0.15) is 45.2 Å². The van der Waals surface area contributed by atoms with E-state index in [2.05, 4.69) is 28.7 Å². The van der Waals surface area contributed by atoms with E-state index in [-0.39, 0.29) is 0 Å². The van der Waals surface area contributed by atoms with Gasteiger partial charge in [0.25, 0.3) is 0 Å². The molecule has 1 aliphatic rings. The molecule has 0 N–H and O–H groups in total. The van der Waals surface area contributed by atoms with Gasteiger partial charge in [0, 0.05) is 25.3 Å². The van der Waals surface area contributed by atoms with Gasteiger partial charge < -0.3 is 4.90 Å². The molecule has 0 spiro atoms. The molecule has 0 aliphatic carbocycles. The van der Waals surface area contributed by atoms with Crippen LogP contribution in [0.5, 0.6) is 0 Å². The Morgan fingerprint density at radius 2 is 1.89 bits per heavy atom. The lowest BCUT2D eigenvalue weighted by atomic mass is 10.2. The molecule has 2 heterocycles. The van der Waals surface area contributed by atoms with Gasteiger partial charge in [-0.3, -0.25) is 0 Å². The molecule has 0 atom stereocenters. The van der Waals surface area contributed by atoms with Crippen molar-refractivity contribution in [3.63, 3.8) is 0 Å². The highest BCUT2D eigenvalue weighted by atomic mass is 32.2. The van der Waals surface area contributed by atoms with E-state index in [9.17, 15) is 0 Å². The first-order chi connectivity index (χ1) is 8.86. The first-order valence-electron chi connectivity index (χ1n) is 7.08. The second kappa shape index (κ2) is 6.98. The Bertz CT molecular complexity index is 373. The fourth-order valence-corrected chi connectivity index (χ4v) is 3.35. The molecule has 0 aromatic carbocycles. The zero-order valence-corrected chi connectivity index (χ0v) is 12.3. The molecule has 0 radical (unpaired) electrons. The Kier molecular flexibility index (Phi) is 5.29. The van der Waals surface area contributed by atoms with E-state index in [1.165, 1.54) is 42.1 Å². The number of nitrogens with zero attached hydrogens (tertiary/aromatic N) is 3. The molecule has 0 fully saturated rings. The van der Waals surface area contributed by atoms with Gasteiger partial charge in [-0.1, -0.05) is 26.7 Å². The fourth-order valence-electron chi connectivity index (χ4n) is 2.22. The summed E-state index contributed by atoms with van der Waals surface area (Å²) in [6.45, 7) is 6.75. The topological polar surface area (TPSA) is 29.0 Å². The van der Waals surface area contributed by atoms with Gasteiger partial charge in [0.05, 0.1) is 10.6 Å². The van der Waals surface area contributed by atoms with E-state index in [0.717, 1.165) is 25.3 Å². The van der Waals surface area contributed by atoms with Gasteiger partial charge in [-0.15, -0.1) is 11.8 Å². The summed E-state index contributed by atoms with van der Waals surface area (Å²) in [5, 5.41) is 0. The predicted molar refractivity (Wildman–Crippen MR) is 78.5 cm³/mol. The van der Waals surface area contributed by atoms with Crippen molar-refractivity contribution in [2.45, 2.75) is 50.8 Å². The van der Waals surface area contributed by atoms with Crippen molar-refractivity contribution in [3.05, 3.63) is 12.0 Å². The molecular formula is C14H23N3S. The lowest BCUT2D eigenvalue weighted by Gasteiger charge is -2.25. The van der Waals surface area contributed by atoms with Crippen molar-refractivity contribution >= 4 is 17.6 Å². The van der Waals surface area contributed by atoms with Crippen LogP contribution in [-0.2, 0) is 6.42 Å². The zero-order valence-electron chi connectivity index (χ0n) is 11.5. The van der Waals surface area contributed by atoms with Gasteiger partial charge in [-0.05, 0) is 12.8 Å². The Morgan fingerprint density at radius 3 is 2.56 bits per heavy atom. The van der Waals surface area contributed by atoms with Gasteiger partial charge in [0.1, 0.15) is 12.1 Å². The van der Waals surface area contributed by atoms with E-state index < -0.39 is 0 Å². The summed E-state index contributed by atoms with van der Waals surface area (Å²) >= 11 is 1.92. The molecule has 1 aromatic rings. The molecule has 1 aromatic heterocycles. The normalized spacial score (nSPS) is 13.7. The summed E-state index contributed by atoms with van der Waals surface area (Å²) < 4.78 is 0. The van der Waals surface area contributed by atoms with Crippen molar-refractivity contribution in [1.29, 1.82) is 0 Å². The maximum Gasteiger partial charge on any atom is 0.145 e. The van der Waals surface area contributed by atoms with Gasteiger partial charge in [-0.25, -0.2) is 9.97 Å². The van der Waals surface area contributed by atoms with Gasteiger partial charge in [0.15, 0.2) is 0 Å². The van der Waals surface area contributed by atoms with E-state index in [4.69, 9.17) is 0 Å². The number of anilines is 1. The van der Waals surface area contributed by atoms with Gasteiger partial charge in [0.2, 0.25) is 0 Å². The largest absolute Gasteiger partial charge is 0.356 e. The van der Waals surface area contributed by atoms with Crippen molar-refractivity contribution in [2.75, 3.05) is 23.7 Å².